The molecule has 2 N–H and O–H groups in total. The second-order valence-electron chi connectivity index (χ2n) is 6.09. The Labute approximate surface area is 146 Å². The summed E-state index contributed by atoms with van der Waals surface area (Å²) in [4.78, 5) is 14.9. The molecule has 4 nitrogen and oxygen atoms in total. The van der Waals surface area contributed by atoms with Gasteiger partial charge in [-0.3, -0.25) is 4.79 Å². The van der Waals surface area contributed by atoms with Crippen LogP contribution in [0.4, 0.5) is 0 Å². The maximum Gasteiger partial charge on any atom is 0.249 e. The first-order valence-electron chi connectivity index (χ1n) is 8.19. The third-order valence-corrected chi connectivity index (χ3v) is 4.25. The van der Waals surface area contributed by atoms with Crippen molar-refractivity contribution in [2.24, 2.45) is 0 Å². The number of H-pyrrole nitrogens is 1. The summed E-state index contributed by atoms with van der Waals surface area (Å²) in [6.07, 6.45) is 0.861. The average Bonchev–Trinajstić information content (AvgIpc) is 2.62. The van der Waals surface area contributed by atoms with E-state index in [1.54, 1.807) is 19.2 Å². The molecular weight excluding hydrogens is 314 g/mol. The molecule has 0 spiro atoms. The van der Waals surface area contributed by atoms with Crippen molar-refractivity contribution in [3.63, 3.8) is 0 Å². The smallest absolute Gasteiger partial charge is 0.249 e. The second-order valence-corrected chi connectivity index (χ2v) is 6.09. The molecule has 0 radical (unpaired) electrons. The number of aromatic amines is 1. The lowest BCUT2D eigenvalue weighted by molar-refractivity contribution is 0.202. The predicted molar refractivity (Wildman–Crippen MR) is 99.9 cm³/mol. The minimum Gasteiger partial charge on any atom is -0.508 e. The molecule has 0 atom stereocenters. The number of phenols is 1. The van der Waals surface area contributed by atoms with Crippen LogP contribution in [0.15, 0.2) is 59.4 Å². The van der Waals surface area contributed by atoms with Gasteiger partial charge in [-0.05, 0) is 47.7 Å². The molecule has 4 heteroatoms. The number of pyridine rings is 1. The third-order valence-electron chi connectivity index (χ3n) is 4.25. The molecule has 0 amide bonds. The summed E-state index contributed by atoms with van der Waals surface area (Å²) in [7, 11) is 1.69. The Kier molecular flexibility index (Phi) is 5.00. The number of ether oxygens (including phenoxy) is 1. The quantitative estimate of drug-likeness (QED) is 0.743. The number of aryl methyl sites for hydroxylation is 1. The van der Waals surface area contributed by atoms with Crippen molar-refractivity contribution in [3.05, 3.63) is 76.1 Å². The molecule has 0 aliphatic rings. The lowest BCUT2D eigenvalue weighted by Gasteiger charge is -2.08. The van der Waals surface area contributed by atoms with E-state index in [-0.39, 0.29) is 11.3 Å². The highest BCUT2D eigenvalue weighted by atomic mass is 16.5. The van der Waals surface area contributed by atoms with Gasteiger partial charge in [-0.25, -0.2) is 0 Å². The number of rotatable bonds is 5. The fourth-order valence-electron chi connectivity index (χ4n) is 2.73. The predicted octanol–water partition coefficient (Wildman–Crippen LogP) is 3.91. The molecule has 25 heavy (non-hydrogen) atoms. The molecule has 0 aliphatic heterocycles. The highest BCUT2D eigenvalue weighted by molar-refractivity contribution is 5.71. The van der Waals surface area contributed by atoms with Gasteiger partial charge in [-0.2, -0.15) is 0 Å². The van der Waals surface area contributed by atoms with E-state index in [1.165, 1.54) is 5.56 Å². The number of hydrogen-bond donors (Lipinski definition) is 2. The molecule has 1 aromatic heterocycles. The van der Waals surface area contributed by atoms with Crippen molar-refractivity contribution in [1.29, 1.82) is 0 Å². The van der Waals surface area contributed by atoms with Crippen molar-refractivity contribution in [2.75, 3.05) is 13.7 Å². The Morgan fingerprint density at radius 2 is 1.68 bits per heavy atom. The lowest BCUT2D eigenvalue weighted by Crippen LogP contribution is -2.05. The van der Waals surface area contributed by atoms with E-state index >= 15 is 0 Å². The number of hydrogen-bond acceptors (Lipinski definition) is 3. The van der Waals surface area contributed by atoms with Crippen molar-refractivity contribution in [3.8, 4) is 28.1 Å². The first kappa shape index (κ1) is 17.0. The van der Waals surface area contributed by atoms with Crippen molar-refractivity contribution in [2.45, 2.75) is 13.3 Å². The minimum atomic E-state index is -0.170. The fourth-order valence-corrected chi connectivity index (χ4v) is 2.73. The van der Waals surface area contributed by atoms with Gasteiger partial charge in [0.2, 0.25) is 5.56 Å². The molecule has 0 aliphatic carbocycles. The zero-order chi connectivity index (χ0) is 17.8. The van der Waals surface area contributed by atoms with Crippen LogP contribution >= 0.6 is 0 Å². The van der Waals surface area contributed by atoms with E-state index in [2.05, 4.69) is 4.98 Å². The van der Waals surface area contributed by atoms with E-state index in [9.17, 15) is 9.90 Å². The molecule has 0 saturated carbocycles. The Morgan fingerprint density at radius 3 is 2.36 bits per heavy atom. The summed E-state index contributed by atoms with van der Waals surface area (Å²) in [6, 6.07) is 17.0. The molecule has 2 aromatic carbocycles. The summed E-state index contributed by atoms with van der Waals surface area (Å²) >= 11 is 0. The van der Waals surface area contributed by atoms with Gasteiger partial charge in [0.1, 0.15) is 5.75 Å². The van der Waals surface area contributed by atoms with Crippen LogP contribution in [0, 0.1) is 6.92 Å². The molecule has 0 saturated heterocycles. The average molecular weight is 335 g/mol. The summed E-state index contributed by atoms with van der Waals surface area (Å²) in [6.45, 7) is 2.52. The minimum absolute atomic E-state index is 0.170. The number of phenolic OH excluding ortho intramolecular Hbond substituents is 1. The van der Waals surface area contributed by atoms with E-state index in [0.717, 1.165) is 28.7 Å². The second kappa shape index (κ2) is 7.36. The van der Waals surface area contributed by atoms with E-state index in [0.29, 0.717) is 12.3 Å². The number of benzene rings is 2. The summed E-state index contributed by atoms with van der Waals surface area (Å²) in [5.41, 5.74) is 5.10. The molecule has 3 rings (SSSR count). The molecular formula is C21H21NO3. The van der Waals surface area contributed by atoms with Gasteiger partial charge < -0.3 is 14.8 Å². The van der Waals surface area contributed by atoms with Crippen molar-refractivity contribution in [1.82, 2.24) is 4.98 Å². The molecule has 3 aromatic rings. The van der Waals surface area contributed by atoms with Gasteiger partial charge in [-0.1, -0.05) is 36.4 Å². The largest absolute Gasteiger partial charge is 0.508 e. The van der Waals surface area contributed by atoms with Gasteiger partial charge in [0.05, 0.1) is 6.61 Å². The number of aromatic hydroxyl groups is 1. The Hall–Kier alpha value is -2.85. The summed E-state index contributed by atoms with van der Waals surface area (Å²) in [5.74, 6) is 0.214. The molecule has 1 heterocycles. The maximum atomic E-state index is 12.1. The number of methoxy groups -OCH3 is 1. The van der Waals surface area contributed by atoms with Gasteiger partial charge >= 0.3 is 0 Å². The lowest BCUT2D eigenvalue weighted by atomic mass is 10.0. The number of aromatic nitrogens is 1. The first-order valence-corrected chi connectivity index (χ1v) is 8.19. The van der Waals surface area contributed by atoms with E-state index in [1.807, 2.05) is 49.4 Å². The van der Waals surface area contributed by atoms with Crippen LogP contribution < -0.4 is 5.56 Å². The van der Waals surface area contributed by atoms with E-state index < -0.39 is 0 Å². The SMILES string of the molecule is COCCc1ccc(-c2cc(-c3ccc(C)c(O)c3)[nH]c(=O)c2)cc1. The maximum absolute atomic E-state index is 12.1. The highest BCUT2D eigenvalue weighted by Gasteiger charge is 2.06. The van der Waals surface area contributed by atoms with Crippen molar-refractivity contribution >= 4 is 0 Å². The standard InChI is InChI=1S/C21H21NO3/c1-14-3-6-17(12-20(14)23)19-11-18(13-21(24)22-19)16-7-4-15(5-8-16)9-10-25-2/h3-8,11-13,23H,9-10H2,1-2H3,(H,22,24). The van der Waals surface area contributed by atoms with Crippen LogP contribution in [-0.2, 0) is 11.2 Å². The van der Waals surface area contributed by atoms with Gasteiger partial charge in [0.25, 0.3) is 0 Å². The normalized spacial score (nSPS) is 10.8. The zero-order valence-electron chi connectivity index (χ0n) is 14.4. The zero-order valence-corrected chi connectivity index (χ0v) is 14.4. The Morgan fingerprint density at radius 1 is 0.960 bits per heavy atom. The monoisotopic (exact) mass is 335 g/mol. The summed E-state index contributed by atoms with van der Waals surface area (Å²) < 4.78 is 5.09. The molecule has 0 unspecified atom stereocenters. The molecule has 0 bridgehead atoms. The van der Waals surface area contributed by atoms with Crippen LogP contribution in [0.3, 0.4) is 0 Å². The topological polar surface area (TPSA) is 62.3 Å². The van der Waals surface area contributed by atoms with Gasteiger partial charge in [0, 0.05) is 24.4 Å². The fraction of sp³-hybridized carbons (Fsp3) is 0.190. The van der Waals surface area contributed by atoms with Crippen LogP contribution in [0.25, 0.3) is 22.4 Å². The Balaban J connectivity index is 1.96. The van der Waals surface area contributed by atoms with Crippen LogP contribution in [0.5, 0.6) is 5.75 Å². The van der Waals surface area contributed by atoms with Crippen LogP contribution in [0.1, 0.15) is 11.1 Å². The highest BCUT2D eigenvalue weighted by Crippen LogP contribution is 2.27. The van der Waals surface area contributed by atoms with Gasteiger partial charge in [0.15, 0.2) is 0 Å². The number of nitrogens with one attached hydrogen (secondary N) is 1. The Bertz CT molecular complexity index is 927. The third kappa shape index (κ3) is 3.98. The molecule has 0 fully saturated rings. The molecule has 128 valence electrons. The van der Waals surface area contributed by atoms with Gasteiger partial charge in [-0.15, -0.1) is 0 Å². The van der Waals surface area contributed by atoms with Crippen LogP contribution in [-0.4, -0.2) is 23.8 Å². The summed E-state index contributed by atoms with van der Waals surface area (Å²) in [5, 5.41) is 9.92. The first-order chi connectivity index (χ1) is 12.1. The van der Waals surface area contributed by atoms with E-state index in [4.69, 9.17) is 4.74 Å². The van der Waals surface area contributed by atoms with Crippen molar-refractivity contribution < 1.29 is 9.84 Å². The van der Waals surface area contributed by atoms with Crippen LogP contribution in [0.2, 0.25) is 0 Å².